The molecule has 0 spiro atoms. The lowest BCUT2D eigenvalue weighted by Gasteiger charge is -2.42. The minimum atomic E-state index is -0.0424. The van der Waals surface area contributed by atoms with Crippen molar-refractivity contribution >= 4 is 49.8 Å². The lowest BCUT2D eigenvalue weighted by Crippen LogP contribution is -2.59. The van der Waals surface area contributed by atoms with Gasteiger partial charge in [-0.3, -0.25) is 5.43 Å². The summed E-state index contributed by atoms with van der Waals surface area (Å²) in [5.74, 6) is 0.773. The van der Waals surface area contributed by atoms with Crippen LogP contribution in [0.1, 0.15) is 18.9 Å². The number of fused-ring (bicyclic) bond motifs is 1. The number of hydrogen-bond acceptors (Lipinski definition) is 6. The summed E-state index contributed by atoms with van der Waals surface area (Å²) in [5.41, 5.74) is 6.51. The number of benzene rings is 3. The molecule has 0 bridgehead atoms. The van der Waals surface area contributed by atoms with Crippen LogP contribution in [0, 0.1) is 0 Å². The van der Waals surface area contributed by atoms with E-state index in [0.29, 0.717) is 5.02 Å². The van der Waals surface area contributed by atoms with Gasteiger partial charge in [-0.15, -0.1) is 0 Å². The fourth-order valence-electron chi connectivity index (χ4n) is 3.53. The molecule has 2 heterocycles. The van der Waals surface area contributed by atoms with E-state index in [4.69, 9.17) is 21.7 Å². The first-order chi connectivity index (χ1) is 14.7. The number of hydrogen-bond donors (Lipinski definition) is 1. The van der Waals surface area contributed by atoms with Crippen molar-refractivity contribution in [3.8, 4) is 0 Å². The van der Waals surface area contributed by atoms with Gasteiger partial charge in [-0.25, -0.2) is 15.0 Å². The number of amidine groups is 1. The van der Waals surface area contributed by atoms with Crippen molar-refractivity contribution in [3.05, 3.63) is 89.4 Å². The molecule has 150 valence electrons. The number of aromatic nitrogens is 1. The van der Waals surface area contributed by atoms with Crippen molar-refractivity contribution in [1.82, 2.24) is 10.4 Å². The predicted octanol–water partition coefficient (Wildman–Crippen LogP) is 5.88. The Morgan fingerprint density at radius 3 is 2.43 bits per heavy atom. The number of thiazole rings is 1. The van der Waals surface area contributed by atoms with E-state index in [2.05, 4.69) is 35.6 Å². The molecule has 30 heavy (non-hydrogen) atoms. The molecule has 1 N–H and O–H groups in total. The van der Waals surface area contributed by atoms with Gasteiger partial charge in [0.15, 0.2) is 5.84 Å². The Morgan fingerprint density at radius 1 is 0.967 bits per heavy atom. The number of nitrogens with zero attached hydrogens (tertiary/aromatic N) is 4. The van der Waals surface area contributed by atoms with E-state index < -0.39 is 0 Å². The first-order valence-corrected chi connectivity index (χ1v) is 11.0. The summed E-state index contributed by atoms with van der Waals surface area (Å²) in [6, 6.07) is 26.1. The third-order valence-corrected chi connectivity index (χ3v) is 6.29. The fourth-order valence-corrected chi connectivity index (χ4v) is 4.63. The Balaban J connectivity index is 1.63. The van der Waals surface area contributed by atoms with Crippen molar-refractivity contribution in [2.45, 2.75) is 19.5 Å². The first-order valence-electron chi connectivity index (χ1n) is 9.83. The maximum absolute atomic E-state index is 6.13. The maximum atomic E-state index is 6.13. The molecule has 0 amide bonds. The summed E-state index contributed by atoms with van der Waals surface area (Å²) in [5, 5.41) is 10.7. The van der Waals surface area contributed by atoms with E-state index in [1.165, 1.54) is 0 Å². The van der Waals surface area contributed by atoms with E-state index in [0.717, 1.165) is 38.9 Å². The van der Waals surface area contributed by atoms with Crippen molar-refractivity contribution < 1.29 is 0 Å². The summed E-state index contributed by atoms with van der Waals surface area (Å²) < 4.78 is 1.16. The number of anilines is 2. The molecule has 0 radical (unpaired) electrons. The number of rotatable bonds is 4. The van der Waals surface area contributed by atoms with Crippen LogP contribution in [0.5, 0.6) is 0 Å². The first kappa shape index (κ1) is 18.9. The Morgan fingerprint density at radius 2 is 1.70 bits per heavy atom. The van der Waals surface area contributed by atoms with Gasteiger partial charge in [-0.05, 0) is 42.8 Å². The SMILES string of the molecule is CCC1N(c2ccc(Cl)cc2)N=C(c2ccccc2)NN1c1nc2ccccc2s1. The van der Waals surface area contributed by atoms with Crippen LogP contribution in [-0.4, -0.2) is 17.0 Å². The monoisotopic (exact) mass is 433 g/mol. The van der Waals surface area contributed by atoms with Gasteiger partial charge in [0, 0.05) is 10.6 Å². The fraction of sp³-hybridized carbons (Fsp3) is 0.130. The Labute approximate surface area is 184 Å². The second kappa shape index (κ2) is 7.97. The number of hydrazone groups is 1. The smallest absolute Gasteiger partial charge is 0.207 e. The maximum Gasteiger partial charge on any atom is 0.207 e. The third kappa shape index (κ3) is 3.49. The minimum absolute atomic E-state index is 0.0424. The van der Waals surface area contributed by atoms with Crippen LogP contribution >= 0.6 is 22.9 Å². The van der Waals surface area contributed by atoms with E-state index in [-0.39, 0.29) is 6.17 Å². The molecule has 0 aliphatic carbocycles. The van der Waals surface area contributed by atoms with Crippen LogP contribution in [-0.2, 0) is 0 Å². The van der Waals surface area contributed by atoms with Crippen LogP contribution in [0.3, 0.4) is 0 Å². The molecule has 1 unspecified atom stereocenters. The number of para-hydroxylation sites is 1. The molecule has 4 aromatic rings. The molecule has 1 aliphatic rings. The normalized spacial score (nSPS) is 16.5. The highest BCUT2D eigenvalue weighted by Gasteiger charge is 2.32. The van der Waals surface area contributed by atoms with Crippen LogP contribution in [0.15, 0.2) is 84.0 Å². The topological polar surface area (TPSA) is 43.8 Å². The Hall–Kier alpha value is -3.09. The zero-order valence-electron chi connectivity index (χ0n) is 16.4. The second-order valence-electron chi connectivity index (χ2n) is 6.97. The van der Waals surface area contributed by atoms with E-state index in [9.17, 15) is 0 Å². The van der Waals surface area contributed by atoms with Gasteiger partial charge in [0.2, 0.25) is 5.13 Å². The lowest BCUT2D eigenvalue weighted by atomic mass is 10.2. The van der Waals surface area contributed by atoms with Crippen LogP contribution < -0.4 is 15.4 Å². The Kier molecular flexibility index (Phi) is 5.02. The molecule has 1 aliphatic heterocycles. The van der Waals surface area contributed by atoms with Crippen molar-refractivity contribution in [3.63, 3.8) is 0 Å². The Bertz CT molecular complexity index is 1160. The molecular weight excluding hydrogens is 414 g/mol. The summed E-state index contributed by atoms with van der Waals surface area (Å²) >= 11 is 7.80. The largest absolute Gasteiger partial charge is 0.276 e. The second-order valence-corrected chi connectivity index (χ2v) is 8.42. The predicted molar refractivity (Wildman–Crippen MR) is 126 cm³/mol. The van der Waals surface area contributed by atoms with Crippen molar-refractivity contribution in [2.75, 3.05) is 10.0 Å². The van der Waals surface area contributed by atoms with Gasteiger partial charge in [0.1, 0.15) is 6.17 Å². The quantitative estimate of drug-likeness (QED) is 0.436. The summed E-state index contributed by atoms with van der Waals surface area (Å²) in [6.45, 7) is 2.15. The van der Waals surface area contributed by atoms with Crippen LogP contribution in [0.2, 0.25) is 5.02 Å². The van der Waals surface area contributed by atoms with Gasteiger partial charge >= 0.3 is 0 Å². The summed E-state index contributed by atoms with van der Waals surface area (Å²) in [7, 11) is 0. The standard InChI is InChI=1S/C23H20ClN5S/c1-2-21-28(18-14-12-17(24)13-15-18)26-22(16-8-4-3-5-9-16)27-29(21)23-25-19-10-6-7-11-20(19)30-23/h3-15,21H,2H2,1H3,(H,26,27). The van der Waals surface area contributed by atoms with E-state index in [1.54, 1.807) is 11.3 Å². The van der Waals surface area contributed by atoms with Gasteiger partial charge in [0.25, 0.3) is 0 Å². The zero-order valence-corrected chi connectivity index (χ0v) is 17.9. The molecule has 0 saturated carbocycles. The molecular formula is C23H20ClN5S. The van der Waals surface area contributed by atoms with Crippen LogP contribution in [0.25, 0.3) is 10.2 Å². The van der Waals surface area contributed by atoms with Gasteiger partial charge in [-0.2, -0.15) is 5.10 Å². The molecule has 1 atom stereocenters. The molecule has 7 heteroatoms. The van der Waals surface area contributed by atoms with Gasteiger partial charge in [0.05, 0.1) is 15.9 Å². The molecule has 0 fully saturated rings. The highest BCUT2D eigenvalue weighted by atomic mass is 35.5. The average Bonchev–Trinajstić information content (AvgIpc) is 3.23. The minimum Gasteiger partial charge on any atom is -0.276 e. The zero-order chi connectivity index (χ0) is 20.5. The average molecular weight is 434 g/mol. The number of hydrazine groups is 1. The summed E-state index contributed by atoms with van der Waals surface area (Å²) in [6.07, 6.45) is 0.802. The van der Waals surface area contributed by atoms with Gasteiger partial charge < -0.3 is 0 Å². The molecule has 5 rings (SSSR count). The highest BCUT2D eigenvalue weighted by Crippen LogP contribution is 2.33. The molecule has 5 nitrogen and oxygen atoms in total. The van der Waals surface area contributed by atoms with Crippen molar-refractivity contribution in [2.24, 2.45) is 5.10 Å². The third-order valence-electron chi connectivity index (χ3n) is 5.01. The highest BCUT2D eigenvalue weighted by molar-refractivity contribution is 7.22. The number of nitrogens with one attached hydrogen (secondary N) is 1. The van der Waals surface area contributed by atoms with E-state index in [1.807, 2.05) is 65.7 Å². The number of halogens is 1. The lowest BCUT2D eigenvalue weighted by molar-refractivity contribution is 0.504. The van der Waals surface area contributed by atoms with Crippen LogP contribution in [0.4, 0.5) is 10.8 Å². The van der Waals surface area contributed by atoms with Gasteiger partial charge in [-0.1, -0.05) is 72.3 Å². The molecule has 1 aromatic heterocycles. The molecule has 3 aromatic carbocycles. The van der Waals surface area contributed by atoms with Crippen molar-refractivity contribution in [1.29, 1.82) is 0 Å². The summed E-state index contributed by atoms with van der Waals surface area (Å²) in [4.78, 5) is 4.88. The molecule has 0 saturated heterocycles. The van der Waals surface area contributed by atoms with E-state index >= 15 is 0 Å².